The molecule has 2 aromatic carbocycles. The van der Waals surface area contributed by atoms with Crippen molar-refractivity contribution >= 4 is 40.3 Å². The third-order valence-electron chi connectivity index (χ3n) is 6.41. The molecule has 12 heteroatoms. The van der Waals surface area contributed by atoms with E-state index in [2.05, 4.69) is 10.6 Å². The number of methoxy groups -OCH3 is 2. The lowest BCUT2D eigenvalue weighted by molar-refractivity contribution is -0.385. The Morgan fingerprint density at radius 2 is 1.95 bits per heavy atom. The van der Waals surface area contributed by atoms with Crippen LogP contribution >= 0.6 is 0 Å². The minimum absolute atomic E-state index is 0.117. The molecule has 1 aliphatic carbocycles. The fourth-order valence-corrected chi connectivity index (χ4v) is 4.51. The molecule has 2 aromatic rings. The van der Waals surface area contributed by atoms with Crippen LogP contribution in [0.2, 0.25) is 0 Å². The molecule has 2 aliphatic heterocycles. The van der Waals surface area contributed by atoms with Gasteiger partial charge >= 0.3 is 11.8 Å². The number of rotatable bonds is 7. The molecule has 5 rings (SSSR count). The van der Waals surface area contributed by atoms with E-state index in [-0.39, 0.29) is 24.0 Å². The molecule has 3 aliphatic rings. The second kappa shape index (κ2) is 9.80. The molecule has 2 atom stereocenters. The maximum Gasteiger partial charge on any atom is 0.407 e. The number of nitro groups is 1. The van der Waals surface area contributed by atoms with Crippen LogP contribution in [0, 0.1) is 16.0 Å². The van der Waals surface area contributed by atoms with E-state index >= 15 is 0 Å². The molecule has 0 bridgehead atoms. The Kier molecular flexibility index (Phi) is 6.38. The number of fused-ring (bicyclic) bond motifs is 2. The summed E-state index contributed by atoms with van der Waals surface area (Å²) in [6.45, 7) is 0.457. The Morgan fingerprint density at radius 1 is 1.14 bits per heavy atom. The molecule has 0 spiro atoms. The first-order valence-corrected chi connectivity index (χ1v) is 11.6. The number of ether oxygens (including phenoxy) is 4. The van der Waals surface area contributed by atoms with Crippen molar-refractivity contribution in [2.75, 3.05) is 32.7 Å². The number of allylic oxidation sites excluding steroid dienone is 2. The van der Waals surface area contributed by atoms with Gasteiger partial charge in [0.05, 0.1) is 48.7 Å². The van der Waals surface area contributed by atoms with Crippen LogP contribution in [0.5, 0.6) is 17.2 Å². The summed E-state index contributed by atoms with van der Waals surface area (Å²) < 4.78 is 21.6. The number of hydrogen-bond donors (Lipinski definition) is 2. The summed E-state index contributed by atoms with van der Waals surface area (Å²) in [6, 6.07) is 8.02. The van der Waals surface area contributed by atoms with Gasteiger partial charge < -0.3 is 29.6 Å². The van der Waals surface area contributed by atoms with Crippen molar-refractivity contribution in [2.45, 2.75) is 18.9 Å². The van der Waals surface area contributed by atoms with Gasteiger partial charge in [-0.25, -0.2) is 4.79 Å². The molecule has 2 amide bonds. The first kappa shape index (κ1) is 24.1. The fourth-order valence-electron chi connectivity index (χ4n) is 4.51. The topological polar surface area (TPSA) is 151 Å². The predicted molar refractivity (Wildman–Crippen MR) is 133 cm³/mol. The third kappa shape index (κ3) is 4.77. The van der Waals surface area contributed by atoms with Crippen LogP contribution in [0.3, 0.4) is 0 Å². The molecular weight excluding hydrogens is 484 g/mol. The number of nitrogens with zero attached hydrogens (tertiary/aromatic N) is 2. The number of hydrogen-bond acceptors (Lipinski definition) is 9. The van der Waals surface area contributed by atoms with Gasteiger partial charge in [0.2, 0.25) is 5.91 Å². The molecule has 192 valence electrons. The maximum atomic E-state index is 13.0. The first-order chi connectivity index (χ1) is 17.9. The number of alkyl carbamates (subject to hydrolysis) is 1. The minimum atomic E-state index is -0.494. The van der Waals surface area contributed by atoms with Gasteiger partial charge in [0.1, 0.15) is 6.61 Å². The monoisotopic (exact) mass is 508 g/mol. The van der Waals surface area contributed by atoms with Crippen molar-refractivity contribution in [3.63, 3.8) is 0 Å². The summed E-state index contributed by atoms with van der Waals surface area (Å²) >= 11 is 0. The van der Waals surface area contributed by atoms with Gasteiger partial charge in [0.15, 0.2) is 23.4 Å². The zero-order valence-electron chi connectivity index (χ0n) is 20.1. The van der Waals surface area contributed by atoms with E-state index in [1.807, 2.05) is 6.08 Å². The summed E-state index contributed by atoms with van der Waals surface area (Å²) in [5.74, 6) is 0.301. The molecule has 0 saturated carbocycles. The van der Waals surface area contributed by atoms with E-state index < -0.39 is 23.0 Å². The van der Waals surface area contributed by atoms with E-state index in [4.69, 9.17) is 23.9 Å². The lowest BCUT2D eigenvalue weighted by Gasteiger charge is -2.22. The first-order valence-electron chi connectivity index (χ1n) is 11.6. The van der Waals surface area contributed by atoms with Crippen LogP contribution in [-0.4, -0.2) is 56.1 Å². The quantitative estimate of drug-likeness (QED) is 0.425. The van der Waals surface area contributed by atoms with Gasteiger partial charge in [-0.05, 0) is 42.2 Å². The van der Waals surface area contributed by atoms with Crippen LogP contribution in [-0.2, 0) is 9.53 Å². The van der Waals surface area contributed by atoms with Crippen molar-refractivity contribution < 1.29 is 33.5 Å². The lowest BCUT2D eigenvalue weighted by Crippen LogP contribution is -2.29. The highest BCUT2D eigenvalue weighted by Crippen LogP contribution is 2.42. The minimum Gasteiger partial charge on any atom is -0.493 e. The number of nitrogens with one attached hydrogen (secondary N) is 2. The Balaban J connectivity index is 1.48. The number of carbonyl (C=O) groups excluding carboxylic acids is 2. The second-order valence-electron chi connectivity index (χ2n) is 8.67. The largest absolute Gasteiger partial charge is 0.493 e. The summed E-state index contributed by atoms with van der Waals surface area (Å²) in [5.41, 5.74) is 3.07. The Bertz CT molecular complexity index is 1350. The fraction of sp³-hybridized carbons (Fsp3) is 0.320. The van der Waals surface area contributed by atoms with E-state index in [1.54, 1.807) is 24.3 Å². The number of carbonyl (C=O) groups is 2. The van der Waals surface area contributed by atoms with Crippen molar-refractivity contribution in [3.05, 3.63) is 52.1 Å². The number of cyclic esters (lactones) is 1. The maximum absolute atomic E-state index is 13.0. The van der Waals surface area contributed by atoms with Crippen LogP contribution in [0.15, 0.2) is 41.4 Å². The summed E-state index contributed by atoms with van der Waals surface area (Å²) in [6.07, 6.45) is 2.02. The average Bonchev–Trinajstić information content (AvgIpc) is 3.26. The number of anilines is 1. The average molecular weight is 508 g/mol. The summed E-state index contributed by atoms with van der Waals surface area (Å²) in [5, 5.41) is 16.8. The highest BCUT2D eigenvalue weighted by atomic mass is 16.6. The molecular formula is C25H24N4O8. The molecule has 37 heavy (non-hydrogen) atoms. The SMILES string of the molecule is COc1cc2c(cc1OCC1CNC(=O)O1)N=C1C=C(c3ccc([N+](=O)[O-])c(OC)c3)CCC1C(=O)N2. The number of aliphatic imine (C=N–C) groups is 1. The van der Waals surface area contributed by atoms with E-state index in [9.17, 15) is 19.7 Å². The zero-order valence-corrected chi connectivity index (χ0v) is 20.1. The van der Waals surface area contributed by atoms with Crippen LogP contribution in [0.4, 0.5) is 21.9 Å². The molecule has 0 aromatic heterocycles. The number of nitro benzene ring substituents is 1. The molecule has 0 radical (unpaired) electrons. The van der Waals surface area contributed by atoms with E-state index in [0.717, 1.165) is 11.1 Å². The molecule has 2 heterocycles. The molecule has 1 saturated heterocycles. The van der Waals surface area contributed by atoms with Crippen molar-refractivity contribution in [2.24, 2.45) is 10.9 Å². The lowest BCUT2D eigenvalue weighted by atomic mass is 9.84. The van der Waals surface area contributed by atoms with Crippen molar-refractivity contribution in [1.29, 1.82) is 0 Å². The standard InChI is InChI=1S/C25H24N4O8/c1-34-21-8-14(4-6-20(21)29(32)33)13-3-5-16-17(7-13)27-18-10-23(36-12-15-11-26-25(31)37-15)22(35-2)9-19(18)28-24(16)30/h4,6-10,15-16H,3,5,11-12H2,1-2H3,(H,26,31)(H,28,30). The normalized spacial score (nSPS) is 20.2. The Morgan fingerprint density at radius 3 is 2.65 bits per heavy atom. The Labute approximate surface area is 211 Å². The van der Waals surface area contributed by atoms with Crippen LogP contribution in [0.25, 0.3) is 5.57 Å². The molecule has 2 N–H and O–H groups in total. The smallest absolute Gasteiger partial charge is 0.407 e. The van der Waals surface area contributed by atoms with Crippen molar-refractivity contribution in [1.82, 2.24) is 5.32 Å². The van der Waals surface area contributed by atoms with Gasteiger partial charge in [-0.15, -0.1) is 0 Å². The van der Waals surface area contributed by atoms with Gasteiger partial charge in [-0.1, -0.05) is 0 Å². The molecule has 2 unspecified atom stereocenters. The number of amides is 2. The van der Waals surface area contributed by atoms with Gasteiger partial charge in [0.25, 0.3) is 0 Å². The number of benzene rings is 2. The van der Waals surface area contributed by atoms with E-state index in [1.165, 1.54) is 20.3 Å². The van der Waals surface area contributed by atoms with Crippen molar-refractivity contribution in [3.8, 4) is 17.2 Å². The second-order valence-corrected chi connectivity index (χ2v) is 8.67. The van der Waals surface area contributed by atoms with Gasteiger partial charge in [0, 0.05) is 18.2 Å². The zero-order chi connectivity index (χ0) is 26.1. The molecule has 12 nitrogen and oxygen atoms in total. The van der Waals surface area contributed by atoms with Crippen LogP contribution < -0.4 is 24.8 Å². The summed E-state index contributed by atoms with van der Waals surface area (Å²) in [4.78, 5) is 39.9. The van der Waals surface area contributed by atoms with Gasteiger partial charge in [-0.3, -0.25) is 19.9 Å². The highest BCUT2D eigenvalue weighted by molar-refractivity contribution is 6.19. The van der Waals surface area contributed by atoms with E-state index in [0.29, 0.717) is 48.0 Å². The predicted octanol–water partition coefficient (Wildman–Crippen LogP) is 3.62. The van der Waals surface area contributed by atoms with Gasteiger partial charge in [-0.2, -0.15) is 0 Å². The molecule has 1 fully saturated rings. The highest BCUT2D eigenvalue weighted by Gasteiger charge is 2.32. The summed E-state index contributed by atoms with van der Waals surface area (Å²) in [7, 11) is 2.87. The Hall–Kier alpha value is -4.61. The third-order valence-corrected chi connectivity index (χ3v) is 6.41. The van der Waals surface area contributed by atoms with Crippen LogP contribution in [0.1, 0.15) is 18.4 Å².